The fraction of sp³-hybridized carbons (Fsp3) is 0.250. The zero-order valence-corrected chi connectivity index (χ0v) is 12.7. The molecule has 20 heavy (non-hydrogen) atoms. The van der Waals surface area contributed by atoms with Crippen LogP contribution in [0.1, 0.15) is 11.1 Å². The van der Waals surface area contributed by atoms with Crippen molar-refractivity contribution in [1.29, 1.82) is 0 Å². The van der Waals surface area contributed by atoms with Crippen LogP contribution in [0.3, 0.4) is 0 Å². The molecule has 0 atom stereocenters. The Morgan fingerprint density at radius 2 is 1.80 bits per heavy atom. The SMILES string of the molecule is COc1cc(CSc2ccccc2)c(C)c(O)c1OC. The van der Waals surface area contributed by atoms with Crippen LogP contribution >= 0.6 is 11.8 Å². The van der Waals surface area contributed by atoms with Crippen molar-refractivity contribution in [2.24, 2.45) is 0 Å². The van der Waals surface area contributed by atoms with Gasteiger partial charge >= 0.3 is 0 Å². The van der Waals surface area contributed by atoms with Crippen molar-refractivity contribution >= 4 is 11.8 Å². The molecule has 0 spiro atoms. The first-order valence-corrected chi connectivity index (χ1v) is 7.27. The average Bonchev–Trinajstić information content (AvgIpc) is 2.49. The van der Waals surface area contributed by atoms with Gasteiger partial charge in [-0.3, -0.25) is 0 Å². The minimum absolute atomic E-state index is 0.149. The summed E-state index contributed by atoms with van der Waals surface area (Å²) in [6.45, 7) is 1.89. The number of rotatable bonds is 5. The Balaban J connectivity index is 2.26. The maximum absolute atomic E-state index is 10.2. The predicted molar refractivity (Wildman–Crippen MR) is 82.0 cm³/mol. The van der Waals surface area contributed by atoms with Gasteiger partial charge in [0.2, 0.25) is 5.75 Å². The average molecular weight is 290 g/mol. The van der Waals surface area contributed by atoms with Gasteiger partial charge in [-0.15, -0.1) is 11.8 Å². The number of thioether (sulfide) groups is 1. The van der Waals surface area contributed by atoms with Crippen LogP contribution in [0.5, 0.6) is 17.2 Å². The lowest BCUT2D eigenvalue weighted by molar-refractivity contribution is 0.331. The third-order valence-electron chi connectivity index (χ3n) is 3.14. The highest BCUT2D eigenvalue weighted by Gasteiger charge is 2.16. The van der Waals surface area contributed by atoms with E-state index in [0.29, 0.717) is 11.5 Å². The molecule has 0 fully saturated rings. The lowest BCUT2D eigenvalue weighted by Gasteiger charge is -2.15. The topological polar surface area (TPSA) is 38.7 Å². The molecule has 0 aromatic heterocycles. The molecule has 0 heterocycles. The molecule has 0 saturated carbocycles. The standard InChI is InChI=1S/C16H18O3S/c1-11-12(10-20-13-7-5-4-6-8-13)9-14(18-2)16(19-3)15(11)17/h4-9,17H,10H2,1-3H3. The van der Waals surface area contributed by atoms with Gasteiger partial charge in [0.05, 0.1) is 14.2 Å². The van der Waals surface area contributed by atoms with E-state index in [9.17, 15) is 5.11 Å². The van der Waals surface area contributed by atoms with Gasteiger partial charge in [0.15, 0.2) is 11.5 Å². The minimum atomic E-state index is 0.149. The Bertz CT molecular complexity index is 582. The van der Waals surface area contributed by atoms with E-state index in [1.54, 1.807) is 18.9 Å². The number of benzene rings is 2. The quantitative estimate of drug-likeness (QED) is 0.844. The molecule has 0 aliphatic rings. The number of phenols is 1. The molecule has 0 aliphatic carbocycles. The summed E-state index contributed by atoms with van der Waals surface area (Å²) >= 11 is 1.72. The lowest BCUT2D eigenvalue weighted by Crippen LogP contribution is -1.96. The first-order chi connectivity index (χ1) is 9.67. The molecule has 0 amide bonds. The van der Waals surface area contributed by atoms with Crippen LogP contribution in [0.4, 0.5) is 0 Å². The van der Waals surface area contributed by atoms with E-state index in [1.807, 2.05) is 31.2 Å². The first kappa shape index (κ1) is 14.6. The third-order valence-corrected chi connectivity index (χ3v) is 4.20. The number of methoxy groups -OCH3 is 2. The summed E-state index contributed by atoms with van der Waals surface area (Å²) in [6, 6.07) is 12.1. The Labute approximate surface area is 123 Å². The van der Waals surface area contributed by atoms with E-state index in [0.717, 1.165) is 16.9 Å². The Morgan fingerprint density at radius 3 is 2.40 bits per heavy atom. The van der Waals surface area contributed by atoms with E-state index in [2.05, 4.69) is 12.1 Å². The number of hydrogen-bond acceptors (Lipinski definition) is 4. The highest BCUT2D eigenvalue weighted by atomic mass is 32.2. The molecule has 2 rings (SSSR count). The van der Waals surface area contributed by atoms with Crippen molar-refractivity contribution in [2.75, 3.05) is 14.2 Å². The molecule has 2 aromatic rings. The van der Waals surface area contributed by atoms with E-state index >= 15 is 0 Å². The number of aromatic hydroxyl groups is 1. The second-order valence-corrected chi connectivity index (χ2v) is 5.40. The summed E-state index contributed by atoms with van der Waals surface area (Å²) in [7, 11) is 3.09. The normalized spacial score (nSPS) is 10.3. The Hall–Kier alpha value is -1.81. The van der Waals surface area contributed by atoms with E-state index in [1.165, 1.54) is 12.0 Å². The zero-order chi connectivity index (χ0) is 14.5. The van der Waals surface area contributed by atoms with Gasteiger partial charge in [-0.25, -0.2) is 0 Å². The zero-order valence-electron chi connectivity index (χ0n) is 11.8. The molecule has 0 aliphatic heterocycles. The Kier molecular flexibility index (Phi) is 4.79. The molecule has 0 unspecified atom stereocenters. The maximum Gasteiger partial charge on any atom is 0.203 e. The highest BCUT2D eigenvalue weighted by molar-refractivity contribution is 7.98. The van der Waals surface area contributed by atoms with Crippen LogP contribution in [0.25, 0.3) is 0 Å². The molecule has 0 saturated heterocycles. The lowest BCUT2D eigenvalue weighted by atomic mass is 10.1. The van der Waals surface area contributed by atoms with E-state index in [4.69, 9.17) is 9.47 Å². The molecule has 0 bridgehead atoms. The van der Waals surface area contributed by atoms with Gasteiger partial charge in [-0.1, -0.05) is 18.2 Å². The van der Waals surface area contributed by atoms with Crippen molar-refractivity contribution in [1.82, 2.24) is 0 Å². The molecule has 106 valence electrons. The fourth-order valence-corrected chi connectivity index (χ4v) is 2.92. The molecule has 3 nitrogen and oxygen atoms in total. The van der Waals surface area contributed by atoms with Crippen molar-refractivity contribution in [2.45, 2.75) is 17.6 Å². The molecular formula is C16H18O3S. The summed E-state index contributed by atoms with van der Waals surface area (Å²) in [5, 5.41) is 10.2. The number of hydrogen-bond donors (Lipinski definition) is 1. The fourth-order valence-electron chi connectivity index (χ4n) is 1.95. The predicted octanol–water partition coefficient (Wildman–Crippen LogP) is 4.01. The van der Waals surface area contributed by atoms with Gasteiger partial charge in [0.25, 0.3) is 0 Å². The van der Waals surface area contributed by atoms with Gasteiger partial charge in [0.1, 0.15) is 0 Å². The second-order valence-electron chi connectivity index (χ2n) is 4.35. The van der Waals surface area contributed by atoms with Gasteiger partial charge in [-0.2, -0.15) is 0 Å². The monoisotopic (exact) mass is 290 g/mol. The van der Waals surface area contributed by atoms with Crippen molar-refractivity contribution < 1.29 is 14.6 Å². The third kappa shape index (κ3) is 3.02. The molecule has 4 heteroatoms. The highest BCUT2D eigenvalue weighted by Crippen LogP contribution is 2.42. The summed E-state index contributed by atoms with van der Waals surface area (Å²) in [6.07, 6.45) is 0. The van der Waals surface area contributed by atoms with Crippen LogP contribution in [-0.2, 0) is 5.75 Å². The summed E-state index contributed by atoms with van der Waals surface area (Å²) in [4.78, 5) is 1.20. The van der Waals surface area contributed by atoms with Crippen molar-refractivity contribution in [3.63, 3.8) is 0 Å². The van der Waals surface area contributed by atoms with Gasteiger partial charge in [-0.05, 0) is 36.2 Å². The summed E-state index contributed by atoms with van der Waals surface area (Å²) < 4.78 is 10.5. The van der Waals surface area contributed by atoms with E-state index in [-0.39, 0.29) is 5.75 Å². The number of ether oxygens (including phenoxy) is 2. The van der Waals surface area contributed by atoms with Gasteiger partial charge < -0.3 is 14.6 Å². The van der Waals surface area contributed by atoms with Crippen molar-refractivity contribution in [3.05, 3.63) is 47.5 Å². The molecule has 2 aromatic carbocycles. The van der Waals surface area contributed by atoms with Crippen LogP contribution in [-0.4, -0.2) is 19.3 Å². The minimum Gasteiger partial charge on any atom is -0.504 e. The summed E-state index contributed by atoms with van der Waals surface area (Å²) in [5.74, 6) is 1.86. The van der Waals surface area contributed by atoms with Crippen molar-refractivity contribution in [3.8, 4) is 17.2 Å². The maximum atomic E-state index is 10.2. The summed E-state index contributed by atoms with van der Waals surface area (Å²) in [5.41, 5.74) is 1.86. The van der Waals surface area contributed by atoms with Crippen LogP contribution in [0.15, 0.2) is 41.3 Å². The molecular weight excluding hydrogens is 272 g/mol. The largest absolute Gasteiger partial charge is 0.504 e. The smallest absolute Gasteiger partial charge is 0.203 e. The van der Waals surface area contributed by atoms with E-state index < -0.39 is 0 Å². The van der Waals surface area contributed by atoms with Gasteiger partial charge in [0, 0.05) is 10.6 Å². The Morgan fingerprint density at radius 1 is 1.10 bits per heavy atom. The van der Waals surface area contributed by atoms with Crippen LogP contribution < -0.4 is 9.47 Å². The number of phenolic OH excluding ortho intramolecular Hbond substituents is 1. The first-order valence-electron chi connectivity index (χ1n) is 6.28. The second kappa shape index (κ2) is 6.57. The molecule has 1 N–H and O–H groups in total. The van der Waals surface area contributed by atoms with Crippen LogP contribution in [0.2, 0.25) is 0 Å². The van der Waals surface area contributed by atoms with Crippen LogP contribution in [0, 0.1) is 6.92 Å². The molecule has 0 radical (unpaired) electrons.